The maximum Gasteiger partial charge on any atom is 0.193 e. The van der Waals surface area contributed by atoms with E-state index in [1.165, 1.54) is 0 Å². The zero-order chi connectivity index (χ0) is 15.0. The summed E-state index contributed by atoms with van der Waals surface area (Å²) in [4.78, 5) is 12.6. The summed E-state index contributed by atoms with van der Waals surface area (Å²) in [5.74, 6) is 0.808. The average molecular weight is 280 g/mol. The number of allylic oxidation sites excluding steroid dienone is 1. The number of ether oxygens (including phenoxy) is 1. The van der Waals surface area contributed by atoms with Gasteiger partial charge in [-0.05, 0) is 18.1 Å². The van der Waals surface area contributed by atoms with Crippen LogP contribution in [0, 0.1) is 0 Å². The molecule has 0 aromatic heterocycles. The Balaban J connectivity index is 2.19. The van der Waals surface area contributed by atoms with E-state index < -0.39 is 0 Å². The predicted molar refractivity (Wildman–Crippen MR) is 81.2 cm³/mol. The number of aromatic hydroxyl groups is 1. The van der Waals surface area contributed by atoms with Crippen LogP contribution in [0.5, 0.6) is 11.5 Å². The van der Waals surface area contributed by atoms with Crippen molar-refractivity contribution in [3.63, 3.8) is 0 Å². The number of hydrogen-bond donors (Lipinski definition) is 1. The second kappa shape index (κ2) is 5.09. The van der Waals surface area contributed by atoms with Gasteiger partial charge in [0, 0.05) is 28.7 Å². The van der Waals surface area contributed by atoms with Crippen molar-refractivity contribution in [3.05, 3.63) is 70.8 Å². The summed E-state index contributed by atoms with van der Waals surface area (Å²) in [6, 6.07) is 9.03. The lowest BCUT2D eigenvalue weighted by atomic mass is 9.83. The fourth-order valence-corrected chi connectivity index (χ4v) is 2.87. The lowest BCUT2D eigenvalue weighted by Gasteiger charge is -2.22. The second-order valence-corrected chi connectivity index (χ2v) is 5.08. The predicted octanol–water partition coefficient (Wildman–Crippen LogP) is 3.26. The summed E-state index contributed by atoms with van der Waals surface area (Å²) in [5, 5.41) is 10.4. The van der Waals surface area contributed by atoms with Crippen LogP contribution in [0.25, 0.3) is 0 Å². The molecular formula is C18H16O3. The molecule has 0 fully saturated rings. The molecule has 0 heterocycles. The van der Waals surface area contributed by atoms with E-state index in [0.717, 1.165) is 11.1 Å². The van der Waals surface area contributed by atoms with Crippen LogP contribution < -0.4 is 4.74 Å². The fourth-order valence-electron chi connectivity index (χ4n) is 2.87. The van der Waals surface area contributed by atoms with Crippen molar-refractivity contribution in [1.82, 2.24) is 0 Å². The molecule has 0 atom stereocenters. The molecule has 106 valence electrons. The van der Waals surface area contributed by atoms with Gasteiger partial charge in [0.05, 0.1) is 7.11 Å². The number of hydrogen-bond acceptors (Lipinski definition) is 3. The molecule has 0 bridgehead atoms. The Bertz CT molecular complexity index is 744. The molecule has 1 aliphatic carbocycles. The van der Waals surface area contributed by atoms with Gasteiger partial charge >= 0.3 is 0 Å². The molecule has 3 rings (SSSR count). The van der Waals surface area contributed by atoms with Crippen LogP contribution in [0.15, 0.2) is 43.0 Å². The number of carbonyl (C=O) groups is 1. The molecule has 2 aromatic rings. The van der Waals surface area contributed by atoms with Crippen LogP contribution in [0.1, 0.15) is 32.6 Å². The van der Waals surface area contributed by atoms with Crippen molar-refractivity contribution in [2.75, 3.05) is 7.11 Å². The SMILES string of the molecule is C=CCc1ccc2c(c1O)Cc1c(OC)cccc1C2=O. The maximum atomic E-state index is 12.6. The molecule has 0 amide bonds. The molecule has 1 N–H and O–H groups in total. The van der Waals surface area contributed by atoms with Crippen LogP contribution in [0.3, 0.4) is 0 Å². The number of ketones is 1. The zero-order valence-corrected chi connectivity index (χ0v) is 11.8. The highest BCUT2D eigenvalue weighted by Gasteiger charge is 2.28. The number of phenolic OH excluding ortho intramolecular Hbond substituents is 1. The van der Waals surface area contributed by atoms with Crippen LogP contribution >= 0.6 is 0 Å². The first-order chi connectivity index (χ1) is 10.2. The van der Waals surface area contributed by atoms with Crippen molar-refractivity contribution in [2.24, 2.45) is 0 Å². The van der Waals surface area contributed by atoms with Gasteiger partial charge in [-0.2, -0.15) is 0 Å². The van der Waals surface area contributed by atoms with Gasteiger partial charge < -0.3 is 9.84 Å². The van der Waals surface area contributed by atoms with Crippen molar-refractivity contribution >= 4 is 5.78 Å². The monoisotopic (exact) mass is 280 g/mol. The molecule has 1 aliphatic rings. The van der Waals surface area contributed by atoms with Crippen molar-refractivity contribution in [2.45, 2.75) is 12.8 Å². The zero-order valence-electron chi connectivity index (χ0n) is 11.8. The van der Waals surface area contributed by atoms with Gasteiger partial charge in [0.25, 0.3) is 0 Å². The van der Waals surface area contributed by atoms with Gasteiger partial charge in [0.1, 0.15) is 11.5 Å². The van der Waals surface area contributed by atoms with Crippen LogP contribution in [-0.4, -0.2) is 18.0 Å². The number of rotatable bonds is 3. The minimum absolute atomic E-state index is 0.0643. The lowest BCUT2D eigenvalue weighted by Crippen LogP contribution is -2.16. The normalized spacial score (nSPS) is 12.5. The average Bonchev–Trinajstić information content (AvgIpc) is 2.50. The minimum atomic E-state index is -0.0643. The molecule has 0 spiro atoms. The quantitative estimate of drug-likeness (QED) is 0.749. The number of phenols is 1. The highest BCUT2D eigenvalue weighted by molar-refractivity contribution is 6.13. The highest BCUT2D eigenvalue weighted by Crippen LogP contribution is 2.38. The van der Waals surface area contributed by atoms with Gasteiger partial charge in [-0.25, -0.2) is 0 Å². The lowest BCUT2D eigenvalue weighted by molar-refractivity contribution is 0.103. The van der Waals surface area contributed by atoms with E-state index in [1.807, 2.05) is 12.1 Å². The first-order valence-corrected chi connectivity index (χ1v) is 6.82. The summed E-state index contributed by atoms with van der Waals surface area (Å²) in [6.07, 6.45) is 2.81. The van der Waals surface area contributed by atoms with Crippen LogP contribution in [0.4, 0.5) is 0 Å². The van der Waals surface area contributed by atoms with Crippen molar-refractivity contribution in [1.29, 1.82) is 0 Å². The van der Waals surface area contributed by atoms with E-state index in [2.05, 4.69) is 6.58 Å². The number of methoxy groups -OCH3 is 1. The standard InChI is InChI=1S/C18H16O3/c1-3-5-11-8-9-13-15(17(11)19)10-14-12(18(13)20)6-4-7-16(14)21-2/h3-4,6-9,19H,1,5,10H2,2H3. The number of carbonyl (C=O) groups excluding carboxylic acids is 1. The molecule has 3 nitrogen and oxygen atoms in total. The minimum Gasteiger partial charge on any atom is -0.507 e. The van der Waals surface area contributed by atoms with Gasteiger partial charge in [0.2, 0.25) is 0 Å². The van der Waals surface area contributed by atoms with E-state index in [-0.39, 0.29) is 11.5 Å². The van der Waals surface area contributed by atoms with Crippen molar-refractivity contribution in [3.8, 4) is 11.5 Å². The maximum absolute atomic E-state index is 12.6. The third-order valence-corrected chi connectivity index (χ3v) is 3.93. The topological polar surface area (TPSA) is 46.5 Å². The summed E-state index contributed by atoms with van der Waals surface area (Å²) in [7, 11) is 1.59. The number of benzene rings is 2. The number of fused-ring (bicyclic) bond motifs is 2. The summed E-state index contributed by atoms with van der Waals surface area (Å²) < 4.78 is 5.34. The van der Waals surface area contributed by atoms with Crippen molar-refractivity contribution < 1.29 is 14.6 Å². The Morgan fingerprint density at radius 3 is 2.71 bits per heavy atom. The van der Waals surface area contributed by atoms with Gasteiger partial charge in [0.15, 0.2) is 5.78 Å². The van der Waals surface area contributed by atoms with E-state index in [0.29, 0.717) is 35.3 Å². The first-order valence-electron chi connectivity index (χ1n) is 6.82. The molecule has 2 aromatic carbocycles. The van der Waals surface area contributed by atoms with E-state index >= 15 is 0 Å². The molecule has 0 aliphatic heterocycles. The highest BCUT2D eigenvalue weighted by atomic mass is 16.5. The second-order valence-electron chi connectivity index (χ2n) is 5.08. The van der Waals surface area contributed by atoms with E-state index in [4.69, 9.17) is 4.74 Å². The van der Waals surface area contributed by atoms with E-state index in [1.54, 1.807) is 31.4 Å². The summed E-state index contributed by atoms with van der Waals surface area (Å²) >= 11 is 0. The molecular weight excluding hydrogens is 264 g/mol. The molecule has 21 heavy (non-hydrogen) atoms. The van der Waals surface area contributed by atoms with Gasteiger partial charge in [-0.1, -0.05) is 30.3 Å². The molecule has 0 unspecified atom stereocenters. The Hall–Kier alpha value is -2.55. The summed E-state index contributed by atoms with van der Waals surface area (Å²) in [6.45, 7) is 3.69. The fraction of sp³-hybridized carbons (Fsp3) is 0.167. The van der Waals surface area contributed by atoms with Gasteiger partial charge in [-0.15, -0.1) is 6.58 Å². The molecule has 0 radical (unpaired) electrons. The third kappa shape index (κ3) is 2.02. The smallest absolute Gasteiger partial charge is 0.193 e. The summed E-state index contributed by atoms with van der Waals surface area (Å²) in [5.41, 5.74) is 3.52. The Morgan fingerprint density at radius 2 is 2.00 bits per heavy atom. The van der Waals surface area contributed by atoms with Gasteiger partial charge in [-0.3, -0.25) is 4.79 Å². The molecule has 0 saturated heterocycles. The molecule has 0 saturated carbocycles. The Labute approximate surface area is 123 Å². The van der Waals surface area contributed by atoms with Crippen LogP contribution in [-0.2, 0) is 12.8 Å². The first kappa shape index (κ1) is 13.4. The Kier molecular flexibility index (Phi) is 3.26. The molecule has 3 heteroatoms. The largest absolute Gasteiger partial charge is 0.507 e. The van der Waals surface area contributed by atoms with Crippen LogP contribution in [0.2, 0.25) is 0 Å². The third-order valence-electron chi connectivity index (χ3n) is 3.93. The Morgan fingerprint density at radius 1 is 1.24 bits per heavy atom. The van der Waals surface area contributed by atoms with E-state index in [9.17, 15) is 9.90 Å².